The summed E-state index contributed by atoms with van der Waals surface area (Å²) in [6.45, 7) is 0. The zero-order valence-electron chi connectivity index (χ0n) is 13.4. The maximum Gasteiger partial charge on any atom is 0.260 e. The van der Waals surface area contributed by atoms with Gasteiger partial charge in [0.1, 0.15) is 11.5 Å². The molecule has 0 bridgehead atoms. The minimum Gasteiger partial charge on any atom is -0.495 e. The van der Waals surface area contributed by atoms with Crippen LogP contribution in [0.25, 0.3) is 0 Å². The first-order chi connectivity index (χ1) is 12.5. The number of anilines is 1. The molecule has 1 N–H and O–H groups in total. The minimum absolute atomic E-state index is 0.0697. The van der Waals surface area contributed by atoms with E-state index in [0.29, 0.717) is 11.4 Å². The Morgan fingerprint density at radius 2 is 1.92 bits per heavy atom. The largest absolute Gasteiger partial charge is 0.495 e. The van der Waals surface area contributed by atoms with E-state index in [4.69, 9.17) is 21.1 Å². The number of nitrogens with zero attached hydrogens (tertiary/aromatic N) is 3. The van der Waals surface area contributed by atoms with Crippen molar-refractivity contribution in [2.75, 3.05) is 12.4 Å². The number of benzene rings is 1. The Morgan fingerprint density at radius 1 is 1.15 bits per heavy atom. The van der Waals surface area contributed by atoms with Gasteiger partial charge in [-0.1, -0.05) is 0 Å². The molecule has 2 aromatic heterocycles. The number of hydrogen-bond acceptors (Lipinski definition) is 6. The smallest absolute Gasteiger partial charge is 0.260 e. The molecule has 7 nitrogen and oxygen atoms in total. The summed E-state index contributed by atoms with van der Waals surface area (Å²) >= 11 is 5.69. The van der Waals surface area contributed by atoms with Crippen molar-refractivity contribution in [2.24, 2.45) is 0 Å². The molecule has 0 aliphatic heterocycles. The third-order valence-electron chi connectivity index (χ3n) is 3.23. The van der Waals surface area contributed by atoms with Gasteiger partial charge >= 0.3 is 0 Å². The van der Waals surface area contributed by atoms with Gasteiger partial charge in [-0.05, 0) is 41.9 Å². The van der Waals surface area contributed by atoms with Crippen LogP contribution in [0.5, 0.6) is 17.4 Å². The van der Waals surface area contributed by atoms with Crippen LogP contribution in [-0.4, -0.2) is 28.0 Å². The number of ether oxygens (including phenoxy) is 2. The Kier molecular flexibility index (Phi) is 5.23. The third kappa shape index (κ3) is 4.22. The standard InChI is InChI=1S/C17H12ClFN4O3/c1-25-12-8-13(15(19)21-9-12)16(24)22-10-2-4-11(5-3-10)26-14-6-7-20-17(18)23-14/h2-9H,1H3,(H,22,24). The zero-order valence-corrected chi connectivity index (χ0v) is 14.2. The maximum atomic E-state index is 13.7. The van der Waals surface area contributed by atoms with Crippen molar-refractivity contribution in [1.29, 1.82) is 0 Å². The van der Waals surface area contributed by atoms with E-state index in [-0.39, 0.29) is 22.5 Å². The molecule has 1 amide bonds. The summed E-state index contributed by atoms with van der Waals surface area (Å²) in [7, 11) is 1.40. The topological polar surface area (TPSA) is 86.2 Å². The van der Waals surface area contributed by atoms with Crippen LogP contribution in [0.4, 0.5) is 10.1 Å². The molecule has 0 aliphatic rings. The normalized spacial score (nSPS) is 10.3. The lowest BCUT2D eigenvalue weighted by molar-refractivity contribution is 0.102. The molecular formula is C17H12ClFN4O3. The minimum atomic E-state index is -0.885. The molecule has 3 aromatic rings. The van der Waals surface area contributed by atoms with E-state index in [0.717, 1.165) is 0 Å². The molecule has 0 fully saturated rings. The van der Waals surface area contributed by atoms with Gasteiger partial charge in [0.2, 0.25) is 17.1 Å². The molecular weight excluding hydrogens is 363 g/mol. The summed E-state index contributed by atoms with van der Waals surface area (Å²) in [6.07, 6.45) is 2.66. The van der Waals surface area contributed by atoms with Gasteiger partial charge in [-0.2, -0.15) is 9.37 Å². The van der Waals surface area contributed by atoms with Gasteiger partial charge in [-0.25, -0.2) is 9.97 Å². The lowest BCUT2D eigenvalue weighted by atomic mass is 10.2. The van der Waals surface area contributed by atoms with Crippen molar-refractivity contribution in [3.63, 3.8) is 0 Å². The van der Waals surface area contributed by atoms with Crippen molar-refractivity contribution in [1.82, 2.24) is 15.0 Å². The Bertz CT molecular complexity index is 938. The highest BCUT2D eigenvalue weighted by molar-refractivity contribution is 6.28. The van der Waals surface area contributed by atoms with Crippen molar-refractivity contribution in [2.45, 2.75) is 0 Å². The predicted molar refractivity (Wildman–Crippen MR) is 92.3 cm³/mol. The number of carbonyl (C=O) groups is 1. The Balaban J connectivity index is 1.70. The van der Waals surface area contributed by atoms with E-state index in [1.165, 1.54) is 25.6 Å². The molecule has 1 aromatic carbocycles. The average molecular weight is 375 g/mol. The van der Waals surface area contributed by atoms with Crippen LogP contribution < -0.4 is 14.8 Å². The number of aromatic nitrogens is 3. The van der Waals surface area contributed by atoms with Gasteiger partial charge in [0, 0.05) is 18.0 Å². The van der Waals surface area contributed by atoms with E-state index in [9.17, 15) is 9.18 Å². The van der Waals surface area contributed by atoms with Gasteiger partial charge in [0.25, 0.3) is 5.91 Å². The first-order valence-electron chi connectivity index (χ1n) is 7.32. The molecule has 0 unspecified atom stereocenters. The summed E-state index contributed by atoms with van der Waals surface area (Å²) < 4.78 is 24.2. The number of nitrogens with one attached hydrogen (secondary N) is 1. The number of halogens is 2. The van der Waals surface area contributed by atoms with Gasteiger partial charge in [0.05, 0.1) is 18.9 Å². The molecule has 0 spiro atoms. The number of carbonyl (C=O) groups excluding carboxylic acids is 1. The highest BCUT2D eigenvalue weighted by Gasteiger charge is 2.14. The quantitative estimate of drug-likeness (QED) is 0.541. The average Bonchev–Trinajstić information content (AvgIpc) is 2.64. The lowest BCUT2D eigenvalue weighted by Crippen LogP contribution is -2.14. The van der Waals surface area contributed by atoms with Crippen LogP contribution in [0.3, 0.4) is 0 Å². The highest BCUT2D eigenvalue weighted by atomic mass is 35.5. The lowest BCUT2D eigenvalue weighted by Gasteiger charge is -2.08. The second-order valence-electron chi connectivity index (χ2n) is 4.96. The van der Waals surface area contributed by atoms with E-state index < -0.39 is 11.9 Å². The second kappa shape index (κ2) is 7.75. The summed E-state index contributed by atoms with van der Waals surface area (Å²) in [5.41, 5.74) is 0.227. The van der Waals surface area contributed by atoms with E-state index >= 15 is 0 Å². The van der Waals surface area contributed by atoms with Crippen LogP contribution in [0.2, 0.25) is 5.28 Å². The van der Waals surface area contributed by atoms with E-state index in [1.54, 1.807) is 30.3 Å². The fraction of sp³-hybridized carbons (Fsp3) is 0.0588. The molecule has 3 rings (SSSR count). The van der Waals surface area contributed by atoms with Gasteiger partial charge in [-0.15, -0.1) is 0 Å². The number of amides is 1. The fourth-order valence-electron chi connectivity index (χ4n) is 2.00. The van der Waals surface area contributed by atoms with Crippen LogP contribution in [0.15, 0.2) is 48.8 Å². The molecule has 2 heterocycles. The highest BCUT2D eigenvalue weighted by Crippen LogP contribution is 2.22. The second-order valence-corrected chi connectivity index (χ2v) is 5.30. The molecule has 9 heteroatoms. The van der Waals surface area contributed by atoms with Crippen molar-refractivity contribution in [3.05, 3.63) is 65.6 Å². The van der Waals surface area contributed by atoms with Gasteiger partial charge in [0.15, 0.2) is 0 Å². The SMILES string of the molecule is COc1cnc(F)c(C(=O)Nc2ccc(Oc3ccnc(Cl)n3)cc2)c1. The number of methoxy groups -OCH3 is 1. The summed E-state index contributed by atoms with van der Waals surface area (Å²) in [6, 6.07) is 9.26. The Hall–Kier alpha value is -3.26. The van der Waals surface area contributed by atoms with E-state index in [1.807, 2.05) is 0 Å². The molecule has 0 saturated carbocycles. The summed E-state index contributed by atoms with van der Waals surface area (Å²) in [4.78, 5) is 23.4. The fourth-order valence-corrected chi connectivity index (χ4v) is 2.14. The van der Waals surface area contributed by atoms with Crippen molar-refractivity contribution in [3.8, 4) is 17.4 Å². The van der Waals surface area contributed by atoms with Crippen molar-refractivity contribution < 1.29 is 18.7 Å². The molecule has 0 atom stereocenters. The number of rotatable bonds is 5. The first kappa shape index (κ1) is 17.6. The van der Waals surface area contributed by atoms with Crippen LogP contribution in [-0.2, 0) is 0 Å². The van der Waals surface area contributed by atoms with Crippen LogP contribution >= 0.6 is 11.6 Å². The van der Waals surface area contributed by atoms with Gasteiger partial charge < -0.3 is 14.8 Å². The molecule has 26 heavy (non-hydrogen) atoms. The maximum absolute atomic E-state index is 13.7. The first-order valence-corrected chi connectivity index (χ1v) is 7.70. The van der Waals surface area contributed by atoms with Gasteiger partial charge in [-0.3, -0.25) is 4.79 Å². The van der Waals surface area contributed by atoms with E-state index in [2.05, 4.69) is 20.3 Å². The molecule has 0 saturated heterocycles. The van der Waals surface area contributed by atoms with Crippen LogP contribution in [0.1, 0.15) is 10.4 Å². The molecule has 0 aliphatic carbocycles. The summed E-state index contributed by atoms with van der Waals surface area (Å²) in [5, 5.41) is 2.64. The summed E-state index contributed by atoms with van der Waals surface area (Å²) in [5.74, 6) is -0.490. The zero-order chi connectivity index (χ0) is 18.5. The predicted octanol–water partition coefficient (Wildman–Crippen LogP) is 3.72. The molecule has 132 valence electrons. The van der Waals surface area contributed by atoms with Crippen LogP contribution in [0, 0.1) is 5.95 Å². The molecule has 0 radical (unpaired) electrons. The van der Waals surface area contributed by atoms with Crippen molar-refractivity contribution >= 4 is 23.2 Å². The monoisotopic (exact) mass is 374 g/mol. The Labute approximate surface area is 152 Å². The Morgan fingerprint density at radius 3 is 2.62 bits per heavy atom. The number of pyridine rings is 1. The number of hydrogen-bond donors (Lipinski definition) is 1. The third-order valence-corrected chi connectivity index (χ3v) is 3.41.